The van der Waals surface area contributed by atoms with Crippen molar-refractivity contribution in [2.24, 2.45) is 5.92 Å². The third-order valence-corrected chi connectivity index (χ3v) is 6.18. The van der Waals surface area contributed by atoms with E-state index >= 15 is 0 Å². The van der Waals surface area contributed by atoms with Gasteiger partial charge in [0.1, 0.15) is 0 Å². The molecule has 0 N–H and O–H groups in total. The van der Waals surface area contributed by atoms with Crippen LogP contribution >= 0.6 is 0 Å². The summed E-state index contributed by atoms with van der Waals surface area (Å²) < 4.78 is 5.96. The van der Waals surface area contributed by atoms with E-state index in [0.717, 1.165) is 52.3 Å². The van der Waals surface area contributed by atoms with Crippen LogP contribution in [0.5, 0.6) is 0 Å². The minimum atomic E-state index is 0.272. The zero-order chi connectivity index (χ0) is 20.6. The Kier molecular flexibility index (Phi) is 7.38. The van der Waals surface area contributed by atoms with Crippen molar-refractivity contribution in [2.75, 3.05) is 57.3 Å². The third kappa shape index (κ3) is 5.83. The van der Waals surface area contributed by atoms with Gasteiger partial charge in [0.15, 0.2) is 0 Å². The van der Waals surface area contributed by atoms with E-state index in [4.69, 9.17) is 4.74 Å². The largest absolute Gasteiger partial charge is 0.376 e. The van der Waals surface area contributed by atoms with Gasteiger partial charge < -0.3 is 14.5 Å². The van der Waals surface area contributed by atoms with Gasteiger partial charge in [0, 0.05) is 38.4 Å². The first-order chi connectivity index (χ1) is 14.8. The molecule has 5 heteroatoms. The lowest BCUT2D eigenvalue weighted by atomic mass is 9.99. The Morgan fingerprint density at radius 2 is 1.60 bits per heavy atom. The van der Waals surface area contributed by atoms with Gasteiger partial charge in [-0.3, -0.25) is 9.69 Å². The lowest BCUT2D eigenvalue weighted by Crippen LogP contribution is -2.52. The molecular weight excluding hydrogens is 374 g/mol. The van der Waals surface area contributed by atoms with Crippen molar-refractivity contribution in [1.82, 2.24) is 9.80 Å². The van der Waals surface area contributed by atoms with E-state index in [2.05, 4.69) is 46.2 Å². The van der Waals surface area contributed by atoms with Crippen molar-refractivity contribution in [3.8, 4) is 0 Å². The standard InChI is InChI=1S/C25H33N3O2/c29-25(28-16-14-27(15-17-28)24-11-5-2-6-12-24)19-26-13-7-10-23(18-26)21-30-20-22-8-3-1-4-9-22/h1-6,8-9,11-12,23H,7,10,13-21H2. The van der Waals surface area contributed by atoms with Crippen LogP contribution in [0.25, 0.3) is 0 Å². The summed E-state index contributed by atoms with van der Waals surface area (Å²) in [6, 6.07) is 20.8. The van der Waals surface area contributed by atoms with Gasteiger partial charge >= 0.3 is 0 Å². The fourth-order valence-corrected chi connectivity index (χ4v) is 4.49. The second-order valence-electron chi connectivity index (χ2n) is 8.45. The molecule has 2 aliphatic rings. The summed E-state index contributed by atoms with van der Waals surface area (Å²) in [5, 5.41) is 0. The molecule has 1 amide bonds. The molecule has 2 aromatic rings. The molecule has 0 aromatic heterocycles. The van der Waals surface area contributed by atoms with Crippen molar-refractivity contribution in [1.29, 1.82) is 0 Å². The molecule has 0 radical (unpaired) electrons. The summed E-state index contributed by atoms with van der Waals surface area (Å²) in [5.41, 5.74) is 2.47. The molecular formula is C25H33N3O2. The van der Waals surface area contributed by atoms with Gasteiger partial charge in [-0.1, -0.05) is 48.5 Å². The summed E-state index contributed by atoms with van der Waals surface area (Å²) in [4.78, 5) is 19.6. The topological polar surface area (TPSA) is 36.0 Å². The van der Waals surface area contributed by atoms with E-state index in [0.29, 0.717) is 19.1 Å². The number of anilines is 1. The van der Waals surface area contributed by atoms with Crippen molar-refractivity contribution < 1.29 is 9.53 Å². The van der Waals surface area contributed by atoms with Gasteiger partial charge in [0.25, 0.3) is 0 Å². The lowest BCUT2D eigenvalue weighted by molar-refractivity contribution is -0.133. The summed E-state index contributed by atoms with van der Waals surface area (Å²) in [7, 11) is 0. The maximum atomic E-state index is 12.8. The van der Waals surface area contributed by atoms with Crippen LogP contribution in [0.1, 0.15) is 18.4 Å². The van der Waals surface area contributed by atoms with E-state index in [9.17, 15) is 4.79 Å². The number of amides is 1. The summed E-state index contributed by atoms with van der Waals surface area (Å²) in [5.74, 6) is 0.791. The van der Waals surface area contributed by atoms with Crippen LogP contribution in [0.3, 0.4) is 0 Å². The number of piperidine rings is 1. The van der Waals surface area contributed by atoms with Crippen LogP contribution in [-0.2, 0) is 16.1 Å². The maximum absolute atomic E-state index is 12.8. The summed E-state index contributed by atoms with van der Waals surface area (Å²) >= 11 is 0. The Morgan fingerprint density at radius 1 is 0.900 bits per heavy atom. The van der Waals surface area contributed by atoms with Crippen LogP contribution in [0.2, 0.25) is 0 Å². The minimum Gasteiger partial charge on any atom is -0.376 e. The van der Waals surface area contributed by atoms with Crippen molar-refractivity contribution >= 4 is 11.6 Å². The van der Waals surface area contributed by atoms with Crippen LogP contribution < -0.4 is 4.90 Å². The highest BCUT2D eigenvalue weighted by molar-refractivity contribution is 5.78. The molecule has 0 spiro atoms. The summed E-state index contributed by atoms with van der Waals surface area (Å²) in [6.45, 7) is 7.40. The number of ether oxygens (including phenoxy) is 1. The van der Waals surface area contributed by atoms with Gasteiger partial charge in [0.05, 0.1) is 19.8 Å². The molecule has 0 bridgehead atoms. The molecule has 2 saturated heterocycles. The van der Waals surface area contributed by atoms with Crippen LogP contribution in [-0.4, -0.2) is 68.1 Å². The summed E-state index contributed by atoms with van der Waals surface area (Å²) in [6.07, 6.45) is 2.34. The number of carbonyl (C=O) groups is 1. The second-order valence-corrected chi connectivity index (χ2v) is 8.45. The number of piperazine rings is 1. The molecule has 2 heterocycles. The second kappa shape index (κ2) is 10.6. The normalized spacial score (nSPS) is 20.3. The maximum Gasteiger partial charge on any atom is 0.236 e. The van der Waals surface area contributed by atoms with Gasteiger partial charge in [0.2, 0.25) is 5.91 Å². The highest BCUT2D eigenvalue weighted by atomic mass is 16.5. The smallest absolute Gasteiger partial charge is 0.236 e. The van der Waals surface area contributed by atoms with E-state index in [-0.39, 0.29) is 5.91 Å². The lowest BCUT2D eigenvalue weighted by Gasteiger charge is -2.38. The molecule has 5 nitrogen and oxygen atoms in total. The Balaban J connectivity index is 1.18. The fraction of sp³-hybridized carbons (Fsp3) is 0.480. The number of carbonyl (C=O) groups excluding carboxylic acids is 1. The van der Waals surface area contributed by atoms with Crippen LogP contribution in [0.4, 0.5) is 5.69 Å². The number of hydrogen-bond acceptors (Lipinski definition) is 4. The van der Waals surface area contributed by atoms with E-state index in [1.54, 1.807) is 0 Å². The quantitative estimate of drug-likeness (QED) is 0.706. The highest BCUT2D eigenvalue weighted by Gasteiger charge is 2.26. The SMILES string of the molecule is O=C(CN1CCCC(COCc2ccccc2)C1)N1CCN(c2ccccc2)CC1. The zero-order valence-electron chi connectivity index (χ0n) is 17.8. The Morgan fingerprint density at radius 3 is 2.33 bits per heavy atom. The van der Waals surface area contributed by atoms with Gasteiger partial charge in [-0.05, 0) is 43.0 Å². The molecule has 1 atom stereocenters. The van der Waals surface area contributed by atoms with E-state index in [1.807, 2.05) is 29.2 Å². The van der Waals surface area contributed by atoms with E-state index < -0.39 is 0 Å². The predicted octanol–water partition coefficient (Wildman–Crippen LogP) is 3.26. The van der Waals surface area contributed by atoms with E-state index in [1.165, 1.54) is 17.7 Å². The number of rotatable bonds is 7. The fourth-order valence-electron chi connectivity index (χ4n) is 4.49. The van der Waals surface area contributed by atoms with Gasteiger partial charge in [-0.15, -0.1) is 0 Å². The molecule has 0 saturated carbocycles. The van der Waals surface area contributed by atoms with Crippen LogP contribution in [0.15, 0.2) is 60.7 Å². The Bertz CT molecular complexity index is 775. The van der Waals surface area contributed by atoms with Gasteiger partial charge in [-0.2, -0.15) is 0 Å². The number of likely N-dealkylation sites (tertiary alicyclic amines) is 1. The molecule has 0 aliphatic carbocycles. The Hall–Kier alpha value is -2.37. The molecule has 2 aliphatic heterocycles. The van der Waals surface area contributed by atoms with Crippen molar-refractivity contribution in [3.63, 3.8) is 0 Å². The average Bonchev–Trinajstić information content (AvgIpc) is 2.81. The Labute approximate surface area is 180 Å². The number of benzene rings is 2. The van der Waals surface area contributed by atoms with Crippen molar-refractivity contribution in [2.45, 2.75) is 19.4 Å². The van der Waals surface area contributed by atoms with Crippen LogP contribution in [0, 0.1) is 5.92 Å². The number of nitrogens with zero attached hydrogens (tertiary/aromatic N) is 3. The number of hydrogen-bond donors (Lipinski definition) is 0. The zero-order valence-corrected chi connectivity index (χ0v) is 17.8. The molecule has 30 heavy (non-hydrogen) atoms. The molecule has 2 fully saturated rings. The average molecular weight is 408 g/mol. The first kappa shape index (κ1) is 20.9. The van der Waals surface area contributed by atoms with Gasteiger partial charge in [-0.25, -0.2) is 0 Å². The number of para-hydroxylation sites is 1. The molecule has 1 unspecified atom stereocenters. The molecule has 4 rings (SSSR count). The highest BCUT2D eigenvalue weighted by Crippen LogP contribution is 2.19. The molecule has 2 aromatic carbocycles. The van der Waals surface area contributed by atoms with Crippen molar-refractivity contribution in [3.05, 3.63) is 66.2 Å². The minimum absolute atomic E-state index is 0.272. The third-order valence-electron chi connectivity index (χ3n) is 6.18. The molecule has 160 valence electrons. The monoisotopic (exact) mass is 407 g/mol. The first-order valence-electron chi connectivity index (χ1n) is 11.2. The predicted molar refractivity (Wildman–Crippen MR) is 120 cm³/mol. The first-order valence-corrected chi connectivity index (χ1v) is 11.2.